The van der Waals surface area contributed by atoms with Gasteiger partial charge in [0.1, 0.15) is 5.75 Å². The van der Waals surface area contributed by atoms with Crippen LogP contribution in [0.1, 0.15) is 44.2 Å². The third kappa shape index (κ3) is 5.79. The van der Waals surface area contributed by atoms with Gasteiger partial charge in [-0.1, -0.05) is 30.3 Å². The van der Waals surface area contributed by atoms with Crippen LogP contribution in [0.25, 0.3) is 0 Å². The Bertz CT molecular complexity index is 1030. The van der Waals surface area contributed by atoms with Crippen LogP contribution >= 0.6 is 0 Å². The zero-order valence-electron chi connectivity index (χ0n) is 19.9. The van der Waals surface area contributed by atoms with Crippen LogP contribution in [0.4, 0.5) is 0 Å². The standard InChI is InChI=1S/C26H35N3O4S/c1-2-33-23-10-12-24(13-11-23)34(31,32)29-18-14-22(15-19-29)26(30)27-20-25(28-16-6-7-17-28)21-8-4-3-5-9-21/h3-5,8-13,22,25H,2,6-7,14-20H2,1H3,(H,27,30). The third-order valence-corrected chi connectivity index (χ3v) is 8.75. The van der Waals surface area contributed by atoms with Crippen LogP contribution < -0.4 is 10.1 Å². The number of hydrogen-bond donors (Lipinski definition) is 1. The minimum atomic E-state index is -3.58. The fraction of sp³-hybridized carbons (Fsp3) is 0.500. The van der Waals surface area contributed by atoms with Crippen LogP contribution in [0.5, 0.6) is 5.75 Å². The van der Waals surface area contributed by atoms with Crippen LogP contribution in [0.15, 0.2) is 59.5 Å². The number of hydrogen-bond acceptors (Lipinski definition) is 5. The summed E-state index contributed by atoms with van der Waals surface area (Å²) in [4.78, 5) is 15.7. The zero-order chi connectivity index (χ0) is 24.0. The summed E-state index contributed by atoms with van der Waals surface area (Å²) in [6, 6.07) is 17.1. The van der Waals surface area contributed by atoms with E-state index in [0.717, 1.165) is 13.1 Å². The van der Waals surface area contributed by atoms with Crippen molar-refractivity contribution in [2.24, 2.45) is 5.92 Å². The predicted molar refractivity (Wildman–Crippen MR) is 132 cm³/mol. The highest BCUT2D eigenvalue weighted by molar-refractivity contribution is 7.89. The smallest absolute Gasteiger partial charge is 0.243 e. The number of carbonyl (C=O) groups is 1. The molecule has 0 bridgehead atoms. The van der Waals surface area contributed by atoms with Gasteiger partial charge in [-0.05, 0) is 75.5 Å². The van der Waals surface area contributed by atoms with Crippen molar-refractivity contribution in [1.29, 1.82) is 0 Å². The first-order valence-electron chi connectivity index (χ1n) is 12.3. The second-order valence-corrected chi connectivity index (χ2v) is 10.9. The van der Waals surface area contributed by atoms with Crippen LogP contribution in [0.2, 0.25) is 0 Å². The second kappa shape index (κ2) is 11.3. The maximum absolute atomic E-state index is 13.0. The van der Waals surface area contributed by atoms with Crippen molar-refractivity contribution >= 4 is 15.9 Å². The van der Waals surface area contributed by atoms with E-state index >= 15 is 0 Å². The molecule has 34 heavy (non-hydrogen) atoms. The summed E-state index contributed by atoms with van der Waals surface area (Å²) >= 11 is 0. The van der Waals surface area contributed by atoms with Gasteiger partial charge in [-0.15, -0.1) is 0 Å². The monoisotopic (exact) mass is 485 g/mol. The molecule has 2 aromatic carbocycles. The Balaban J connectivity index is 1.32. The van der Waals surface area contributed by atoms with Crippen molar-refractivity contribution < 1.29 is 17.9 Å². The van der Waals surface area contributed by atoms with Gasteiger partial charge in [-0.25, -0.2) is 8.42 Å². The van der Waals surface area contributed by atoms with E-state index in [0.29, 0.717) is 44.8 Å². The maximum Gasteiger partial charge on any atom is 0.243 e. The fourth-order valence-corrected chi connectivity index (χ4v) is 6.38. The van der Waals surface area contributed by atoms with Gasteiger partial charge in [0.2, 0.25) is 15.9 Å². The molecule has 2 heterocycles. The average Bonchev–Trinajstić information content (AvgIpc) is 3.40. The highest BCUT2D eigenvalue weighted by Gasteiger charge is 2.33. The van der Waals surface area contributed by atoms with E-state index in [4.69, 9.17) is 4.74 Å². The zero-order valence-corrected chi connectivity index (χ0v) is 20.7. The normalized spacial score (nSPS) is 19.1. The average molecular weight is 486 g/mol. The van der Waals surface area contributed by atoms with Crippen molar-refractivity contribution in [2.75, 3.05) is 39.3 Å². The van der Waals surface area contributed by atoms with E-state index in [9.17, 15) is 13.2 Å². The molecule has 2 aliphatic heterocycles. The molecular weight excluding hydrogens is 450 g/mol. The van der Waals surface area contributed by atoms with E-state index in [-0.39, 0.29) is 22.8 Å². The molecule has 184 valence electrons. The van der Waals surface area contributed by atoms with Crippen molar-refractivity contribution in [1.82, 2.24) is 14.5 Å². The van der Waals surface area contributed by atoms with Gasteiger partial charge in [-0.2, -0.15) is 4.31 Å². The molecule has 1 amide bonds. The van der Waals surface area contributed by atoms with Crippen LogP contribution in [-0.2, 0) is 14.8 Å². The quantitative estimate of drug-likeness (QED) is 0.589. The van der Waals surface area contributed by atoms with Gasteiger partial charge in [0.05, 0.1) is 17.5 Å². The maximum atomic E-state index is 13.0. The molecule has 2 saturated heterocycles. The molecule has 8 heteroatoms. The SMILES string of the molecule is CCOc1ccc(S(=O)(=O)N2CCC(C(=O)NCC(c3ccccc3)N3CCCC3)CC2)cc1. The number of piperidine rings is 1. The first kappa shape index (κ1) is 24.7. The van der Waals surface area contributed by atoms with Crippen LogP contribution in [-0.4, -0.2) is 62.9 Å². The predicted octanol–water partition coefficient (Wildman–Crippen LogP) is 3.44. The molecule has 2 aliphatic rings. The van der Waals surface area contributed by atoms with E-state index in [1.54, 1.807) is 24.3 Å². The first-order valence-corrected chi connectivity index (χ1v) is 13.7. The Labute approximate surface area is 203 Å². The van der Waals surface area contributed by atoms with Gasteiger partial charge in [0.15, 0.2) is 0 Å². The van der Waals surface area contributed by atoms with Crippen molar-refractivity contribution in [3.8, 4) is 5.75 Å². The number of amides is 1. The minimum absolute atomic E-state index is 0.0262. The van der Waals surface area contributed by atoms with Gasteiger partial charge in [0.25, 0.3) is 0 Å². The first-order chi connectivity index (χ1) is 16.5. The summed E-state index contributed by atoms with van der Waals surface area (Å²) in [5.74, 6) is 0.514. The molecule has 1 N–H and O–H groups in total. The molecule has 7 nitrogen and oxygen atoms in total. The molecule has 2 fully saturated rings. The topological polar surface area (TPSA) is 79.0 Å². The summed E-state index contributed by atoms with van der Waals surface area (Å²) in [7, 11) is -3.58. The molecule has 0 aromatic heterocycles. The molecule has 1 atom stereocenters. The lowest BCUT2D eigenvalue weighted by atomic mass is 9.97. The molecule has 0 radical (unpaired) electrons. The lowest BCUT2D eigenvalue weighted by molar-refractivity contribution is -0.126. The lowest BCUT2D eigenvalue weighted by Gasteiger charge is -2.32. The summed E-state index contributed by atoms with van der Waals surface area (Å²) in [6.07, 6.45) is 3.45. The number of benzene rings is 2. The van der Waals surface area contributed by atoms with Crippen molar-refractivity contribution in [3.63, 3.8) is 0 Å². The summed E-state index contributed by atoms with van der Waals surface area (Å²) in [5, 5.41) is 3.17. The van der Waals surface area contributed by atoms with Gasteiger partial charge < -0.3 is 10.1 Å². The summed E-state index contributed by atoms with van der Waals surface area (Å²) in [6.45, 7) is 5.80. The van der Waals surface area contributed by atoms with Crippen molar-refractivity contribution in [2.45, 2.75) is 43.5 Å². The number of nitrogens with zero attached hydrogens (tertiary/aromatic N) is 2. The Hall–Kier alpha value is -2.42. The molecule has 2 aromatic rings. The highest BCUT2D eigenvalue weighted by atomic mass is 32.2. The molecule has 0 aliphatic carbocycles. The Morgan fingerprint density at radius 2 is 1.65 bits per heavy atom. The molecule has 0 spiro atoms. The third-order valence-electron chi connectivity index (χ3n) is 6.83. The molecule has 4 rings (SSSR count). The number of carbonyl (C=O) groups excluding carboxylic acids is 1. The van der Waals surface area contributed by atoms with E-state index in [1.165, 1.54) is 22.7 Å². The lowest BCUT2D eigenvalue weighted by Crippen LogP contribution is -2.44. The minimum Gasteiger partial charge on any atom is -0.494 e. The Morgan fingerprint density at radius 3 is 2.26 bits per heavy atom. The number of likely N-dealkylation sites (tertiary alicyclic amines) is 1. The van der Waals surface area contributed by atoms with Crippen LogP contribution in [0, 0.1) is 5.92 Å². The summed E-state index contributed by atoms with van der Waals surface area (Å²) in [5.41, 5.74) is 1.22. The molecule has 0 saturated carbocycles. The van der Waals surface area contributed by atoms with Crippen molar-refractivity contribution in [3.05, 3.63) is 60.2 Å². The van der Waals surface area contributed by atoms with E-state index in [1.807, 2.05) is 25.1 Å². The number of ether oxygens (including phenoxy) is 1. The molecule has 1 unspecified atom stereocenters. The largest absolute Gasteiger partial charge is 0.494 e. The number of sulfonamides is 1. The fourth-order valence-electron chi connectivity index (χ4n) is 4.91. The molecular formula is C26H35N3O4S. The van der Waals surface area contributed by atoms with Gasteiger partial charge in [-0.3, -0.25) is 9.69 Å². The summed E-state index contributed by atoms with van der Waals surface area (Å²) < 4.78 is 33.0. The Kier molecular flexibility index (Phi) is 8.24. The number of nitrogens with one attached hydrogen (secondary N) is 1. The van der Waals surface area contributed by atoms with E-state index in [2.05, 4.69) is 22.3 Å². The van der Waals surface area contributed by atoms with E-state index < -0.39 is 10.0 Å². The van der Waals surface area contributed by atoms with Crippen LogP contribution in [0.3, 0.4) is 0 Å². The number of rotatable bonds is 9. The van der Waals surface area contributed by atoms with Gasteiger partial charge >= 0.3 is 0 Å². The highest BCUT2D eigenvalue weighted by Crippen LogP contribution is 2.27. The Morgan fingerprint density at radius 1 is 1.00 bits per heavy atom. The van der Waals surface area contributed by atoms with Gasteiger partial charge in [0, 0.05) is 25.6 Å². The second-order valence-electron chi connectivity index (χ2n) is 9.00.